The van der Waals surface area contributed by atoms with Gasteiger partial charge in [0.1, 0.15) is 11.9 Å². The molecule has 3 heterocycles. The summed E-state index contributed by atoms with van der Waals surface area (Å²) in [6.45, 7) is 2.50. The van der Waals surface area contributed by atoms with Gasteiger partial charge in [-0.05, 0) is 36.8 Å². The van der Waals surface area contributed by atoms with Crippen LogP contribution < -0.4 is 5.32 Å². The summed E-state index contributed by atoms with van der Waals surface area (Å²) in [5, 5.41) is 3.65. The molecule has 1 saturated heterocycles. The number of nitrogens with one attached hydrogen (secondary N) is 1. The van der Waals surface area contributed by atoms with Gasteiger partial charge in [-0.15, -0.1) is 0 Å². The van der Waals surface area contributed by atoms with Gasteiger partial charge in [0.05, 0.1) is 13.1 Å². The van der Waals surface area contributed by atoms with Crippen LogP contribution in [0.2, 0.25) is 0 Å². The van der Waals surface area contributed by atoms with Crippen molar-refractivity contribution >= 4 is 6.09 Å². The Labute approximate surface area is 191 Å². The van der Waals surface area contributed by atoms with E-state index in [0.29, 0.717) is 24.7 Å². The number of carbonyl (C=O) groups is 1. The lowest BCUT2D eigenvalue weighted by Crippen LogP contribution is -2.32. The Morgan fingerprint density at radius 1 is 1.06 bits per heavy atom. The molecule has 6 heteroatoms. The van der Waals surface area contributed by atoms with Crippen molar-refractivity contribution in [2.24, 2.45) is 5.92 Å². The molecule has 0 aromatic heterocycles. The second-order valence-corrected chi connectivity index (χ2v) is 10.1. The fourth-order valence-electron chi connectivity index (χ4n) is 5.55. The molecule has 0 radical (unpaired) electrons. The van der Waals surface area contributed by atoms with Gasteiger partial charge >= 0.3 is 6.09 Å². The molecule has 1 aromatic rings. The van der Waals surface area contributed by atoms with Gasteiger partial charge in [0.2, 0.25) is 0 Å². The molecule has 3 unspecified atom stereocenters. The van der Waals surface area contributed by atoms with Crippen molar-refractivity contribution < 1.29 is 13.9 Å². The minimum atomic E-state index is -0.329. The van der Waals surface area contributed by atoms with E-state index < -0.39 is 0 Å². The van der Waals surface area contributed by atoms with Crippen molar-refractivity contribution in [1.82, 2.24) is 15.1 Å². The molecule has 5 nitrogen and oxygen atoms in total. The Bertz CT molecular complexity index is 857. The molecule has 1 amide bonds. The number of ether oxygens (including phenoxy) is 1. The summed E-state index contributed by atoms with van der Waals surface area (Å²) in [7, 11) is 0. The van der Waals surface area contributed by atoms with Gasteiger partial charge in [0.25, 0.3) is 0 Å². The van der Waals surface area contributed by atoms with E-state index in [4.69, 9.17) is 4.74 Å². The smallest absolute Gasteiger partial charge is 0.410 e. The van der Waals surface area contributed by atoms with Gasteiger partial charge in [-0.3, -0.25) is 4.90 Å². The average Bonchev–Trinajstić information content (AvgIpc) is 3.18. The van der Waals surface area contributed by atoms with Crippen molar-refractivity contribution in [1.29, 1.82) is 0 Å². The molecular weight excluding hydrogens is 405 g/mol. The summed E-state index contributed by atoms with van der Waals surface area (Å²) >= 11 is 0. The second-order valence-electron chi connectivity index (χ2n) is 10.1. The molecule has 1 N–H and O–H groups in total. The lowest BCUT2D eigenvalue weighted by Gasteiger charge is -2.21. The monoisotopic (exact) mass is 441 g/mol. The summed E-state index contributed by atoms with van der Waals surface area (Å²) in [6, 6.07) is 5.67. The number of halogens is 1. The highest BCUT2D eigenvalue weighted by atomic mass is 19.1. The molecule has 1 saturated carbocycles. The average molecular weight is 442 g/mol. The third-order valence-electron chi connectivity index (χ3n) is 7.61. The normalized spacial score (nSPS) is 30.0. The largest absolute Gasteiger partial charge is 0.444 e. The van der Waals surface area contributed by atoms with Gasteiger partial charge in [0.15, 0.2) is 0 Å². The summed E-state index contributed by atoms with van der Waals surface area (Å²) in [5.41, 5.74) is 2.76. The van der Waals surface area contributed by atoms with Crippen LogP contribution in [-0.2, 0) is 17.8 Å². The van der Waals surface area contributed by atoms with Crippen LogP contribution in [0.15, 0.2) is 30.1 Å². The number of benzene rings is 1. The Kier molecular flexibility index (Phi) is 6.56. The van der Waals surface area contributed by atoms with Crippen LogP contribution in [0.25, 0.3) is 0 Å². The zero-order chi connectivity index (χ0) is 21.9. The minimum absolute atomic E-state index is 0.141. The van der Waals surface area contributed by atoms with E-state index >= 15 is 0 Å². The van der Waals surface area contributed by atoms with Crippen LogP contribution in [0, 0.1) is 11.7 Å². The number of rotatable bonds is 1. The van der Waals surface area contributed by atoms with Gasteiger partial charge in [0, 0.05) is 43.0 Å². The zero-order valence-electron chi connectivity index (χ0n) is 19.0. The predicted octanol–water partition coefficient (Wildman–Crippen LogP) is 5.31. The van der Waals surface area contributed by atoms with Crippen molar-refractivity contribution in [2.75, 3.05) is 13.1 Å². The highest BCUT2D eigenvalue weighted by molar-refractivity contribution is 5.69. The molecule has 4 aliphatic rings. The second kappa shape index (κ2) is 9.72. The third-order valence-corrected chi connectivity index (χ3v) is 7.61. The first kappa shape index (κ1) is 21.6. The van der Waals surface area contributed by atoms with Crippen molar-refractivity contribution in [2.45, 2.75) is 89.4 Å². The van der Waals surface area contributed by atoms with E-state index in [1.165, 1.54) is 69.6 Å². The van der Waals surface area contributed by atoms with Gasteiger partial charge in [-0.1, -0.05) is 50.7 Å². The van der Waals surface area contributed by atoms with Crippen molar-refractivity contribution in [3.63, 3.8) is 0 Å². The van der Waals surface area contributed by atoms with Gasteiger partial charge in [-0.25, -0.2) is 9.18 Å². The highest BCUT2D eigenvalue weighted by Crippen LogP contribution is 2.36. The van der Waals surface area contributed by atoms with E-state index in [1.807, 2.05) is 6.07 Å². The minimum Gasteiger partial charge on any atom is -0.444 e. The Morgan fingerprint density at radius 3 is 2.72 bits per heavy atom. The van der Waals surface area contributed by atoms with Crippen LogP contribution in [0.1, 0.15) is 75.3 Å². The molecular formula is C26H36FN3O2. The molecule has 1 aromatic carbocycles. The first-order valence-electron chi connectivity index (χ1n) is 12.6. The molecule has 5 rings (SSSR count). The fourth-order valence-corrected chi connectivity index (χ4v) is 5.55. The van der Waals surface area contributed by atoms with E-state index in [2.05, 4.69) is 16.4 Å². The van der Waals surface area contributed by atoms with Crippen LogP contribution >= 0.6 is 0 Å². The molecule has 32 heavy (non-hydrogen) atoms. The molecule has 0 bridgehead atoms. The van der Waals surface area contributed by atoms with E-state index in [1.54, 1.807) is 11.0 Å². The number of hydrogen-bond acceptors (Lipinski definition) is 4. The number of nitrogens with zero attached hydrogens (tertiary/aromatic N) is 2. The maximum Gasteiger partial charge on any atom is 0.410 e. The molecule has 3 aliphatic heterocycles. The first-order valence-corrected chi connectivity index (χ1v) is 12.6. The van der Waals surface area contributed by atoms with Crippen LogP contribution in [-0.4, -0.2) is 41.1 Å². The maximum absolute atomic E-state index is 14.0. The lowest BCUT2D eigenvalue weighted by molar-refractivity contribution is 0.0647. The summed E-state index contributed by atoms with van der Waals surface area (Å²) in [6.07, 6.45) is 14.4. The van der Waals surface area contributed by atoms with Crippen LogP contribution in [0.5, 0.6) is 0 Å². The van der Waals surface area contributed by atoms with E-state index in [9.17, 15) is 9.18 Å². The predicted molar refractivity (Wildman–Crippen MR) is 122 cm³/mol. The van der Waals surface area contributed by atoms with Crippen molar-refractivity contribution in [3.8, 4) is 0 Å². The topological polar surface area (TPSA) is 44.8 Å². The molecule has 3 atom stereocenters. The molecule has 0 spiro atoms. The molecule has 174 valence electrons. The van der Waals surface area contributed by atoms with Gasteiger partial charge in [-0.2, -0.15) is 0 Å². The lowest BCUT2D eigenvalue weighted by atomic mass is 10.1. The number of amides is 1. The summed E-state index contributed by atoms with van der Waals surface area (Å²) < 4.78 is 19.9. The molecule has 1 aliphatic carbocycles. The fraction of sp³-hybridized carbons (Fsp3) is 0.654. The standard InChI is InChI=1S/C26H36FN3O2/c27-24-11-8-10-20-16-30(18-23(20)24)26(31)32-22-14-21-15-28-25-13-19(25)9-6-4-2-1-3-5-7-12-29(21)17-22/h8,10-11,15,19,22,25,28H,1-7,9,12-14,16-18H2/b21-15-. The first-order chi connectivity index (χ1) is 15.7. The van der Waals surface area contributed by atoms with Crippen LogP contribution in [0.3, 0.4) is 0 Å². The Morgan fingerprint density at radius 2 is 1.88 bits per heavy atom. The number of carbonyl (C=O) groups excluding carboxylic acids is 1. The molecule has 2 fully saturated rings. The summed E-state index contributed by atoms with van der Waals surface area (Å²) in [4.78, 5) is 16.8. The third kappa shape index (κ3) is 5.05. The quantitative estimate of drug-likeness (QED) is 0.642. The number of fused-ring (bicyclic) bond motifs is 3. The maximum atomic E-state index is 14.0. The highest BCUT2D eigenvalue weighted by Gasteiger charge is 2.37. The number of hydrogen-bond donors (Lipinski definition) is 1. The van der Waals surface area contributed by atoms with Gasteiger partial charge < -0.3 is 15.0 Å². The van der Waals surface area contributed by atoms with E-state index in [0.717, 1.165) is 31.0 Å². The van der Waals surface area contributed by atoms with Crippen LogP contribution in [0.4, 0.5) is 9.18 Å². The van der Waals surface area contributed by atoms with E-state index in [-0.39, 0.29) is 18.0 Å². The van der Waals surface area contributed by atoms with Crippen molar-refractivity contribution in [3.05, 3.63) is 47.0 Å². The Hall–Kier alpha value is -2.24. The SMILES string of the molecule is O=C(OC1C/C2=C/NC3CC3CCCCCCCCCN2C1)N1Cc2cccc(F)c2C1. The summed E-state index contributed by atoms with van der Waals surface area (Å²) in [5.74, 6) is 0.594. The zero-order valence-corrected chi connectivity index (χ0v) is 19.0. The Balaban J connectivity index is 1.18.